The van der Waals surface area contributed by atoms with Crippen LogP contribution in [0, 0.1) is 0 Å². The molecule has 24 heavy (non-hydrogen) atoms. The van der Waals surface area contributed by atoms with Crippen LogP contribution in [0.1, 0.15) is 19.3 Å². The second kappa shape index (κ2) is 8.39. The minimum Gasteiger partial charge on any atom is -0.469 e. The van der Waals surface area contributed by atoms with Gasteiger partial charge in [0.05, 0.1) is 18.0 Å². The third-order valence-corrected chi connectivity index (χ3v) is 5.16. The number of halogens is 1. The van der Waals surface area contributed by atoms with Gasteiger partial charge in [0.1, 0.15) is 0 Å². The number of benzene rings is 1. The fraction of sp³-hybridized carbons (Fsp3) is 0.438. The Morgan fingerprint density at radius 2 is 2.17 bits per heavy atom. The molecule has 1 atom stereocenters. The Balaban J connectivity index is 1.88. The zero-order chi connectivity index (χ0) is 17.7. The number of fused-ring (bicyclic) bond motifs is 1. The molecule has 8 heteroatoms. The molecule has 0 bridgehead atoms. The lowest BCUT2D eigenvalue weighted by Crippen LogP contribution is -2.36. The summed E-state index contributed by atoms with van der Waals surface area (Å²) in [6.45, 7) is 0.444. The van der Waals surface area contributed by atoms with E-state index in [1.165, 1.54) is 23.8 Å². The number of hydrogen-bond donors (Lipinski definition) is 1. The fourth-order valence-electron chi connectivity index (χ4n) is 2.26. The number of methoxy groups -OCH3 is 1. The van der Waals surface area contributed by atoms with E-state index in [-0.39, 0.29) is 30.6 Å². The molecule has 0 saturated carbocycles. The van der Waals surface area contributed by atoms with Crippen molar-refractivity contribution in [1.29, 1.82) is 0 Å². The molecule has 130 valence electrons. The highest BCUT2D eigenvalue weighted by molar-refractivity contribution is 8.01. The maximum atomic E-state index is 12.3. The van der Waals surface area contributed by atoms with Crippen molar-refractivity contribution in [3.63, 3.8) is 0 Å². The summed E-state index contributed by atoms with van der Waals surface area (Å²) in [4.78, 5) is 37.9. The van der Waals surface area contributed by atoms with Crippen LogP contribution in [-0.2, 0) is 19.1 Å². The van der Waals surface area contributed by atoms with E-state index in [1.807, 2.05) is 6.07 Å². The van der Waals surface area contributed by atoms with Gasteiger partial charge in [0.25, 0.3) is 0 Å². The van der Waals surface area contributed by atoms with Crippen LogP contribution in [0.5, 0.6) is 0 Å². The molecule has 1 aromatic rings. The third kappa shape index (κ3) is 4.88. The molecule has 1 aliphatic rings. The molecule has 2 rings (SSSR count). The van der Waals surface area contributed by atoms with Gasteiger partial charge in [-0.2, -0.15) is 0 Å². The number of thioether (sulfide) groups is 1. The van der Waals surface area contributed by atoms with Gasteiger partial charge in [-0.15, -0.1) is 11.8 Å². The van der Waals surface area contributed by atoms with Crippen LogP contribution in [0.25, 0.3) is 0 Å². The Kier molecular flexibility index (Phi) is 6.51. The molecule has 1 aromatic carbocycles. The summed E-state index contributed by atoms with van der Waals surface area (Å²) in [5.41, 5.74) is 0.674. The lowest BCUT2D eigenvalue weighted by atomic mass is 10.2. The lowest BCUT2D eigenvalue weighted by molar-refractivity contribution is -0.141. The van der Waals surface area contributed by atoms with E-state index in [4.69, 9.17) is 11.6 Å². The highest BCUT2D eigenvalue weighted by atomic mass is 35.5. The molecular weight excluding hydrogens is 352 g/mol. The SMILES string of the molecule is COC(=O)CCCN(C)C(=O)CC1Sc2ccc(Cl)cc2NC1=O. The number of nitrogens with zero attached hydrogens (tertiary/aromatic N) is 1. The van der Waals surface area contributed by atoms with Crippen LogP contribution >= 0.6 is 23.4 Å². The number of ether oxygens (including phenoxy) is 1. The monoisotopic (exact) mass is 370 g/mol. The van der Waals surface area contributed by atoms with Gasteiger partial charge in [0.2, 0.25) is 11.8 Å². The number of esters is 1. The molecule has 1 aliphatic heterocycles. The number of nitrogens with one attached hydrogen (secondary N) is 1. The maximum absolute atomic E-state index is 12.3. The second-order valence-corrected chi connectivity index (χ2v) is 7.12. The highest BCUT2D eigenvalue weighted by Gasteiger charge is 2.30. The summed E-state index contributed by atoms with van der Waals surface area (Å²) < 4.78 is 4.56. The number of carbonyl (C=O) groups is 3. The fourth-order valence-corrected chi connectivity index (χ4v) is 3.51. The maximum Gasteiger partial charge on any atom is 0.305 e. The first-order valence-electron chi connectivity index (χ1n) is 7.48. The van der Waals surface area contributed by atoms with E-state index >= 15 is 0 Å². The lowest BCUT2D eigenvalue weighted by Gasteiger charge is -2.25. The quantitative estimate of drug-likeness (QED) is 0.779. The number of hydrogen-bond acceptors (Lipinski definition) is 5. The van der Waals surface area contributed by atoms with Crippen molar-refractivity contribution in [2.24, 2.45) is 0 Å². The van der Waals surface area contributed by atoms with Gasteiger partial charge in [-0.05, 0) is 24.6 Å². The summed E-state index contributed by atoms with van der Waals surface area (Å²) in [6, 6.07) is 5.28. The molecule has 0 aromatic heterocycles. The van der Waals surface area contributed by atoms with E-state index in [0.717, 1.165) is 4.90 Å². The zero-order valence-corrected chi connectivity index (χ0v) is 15.1. The highest BCUT2D eigenvalue weighted by Crippen LogP contribution is 2.38. The average Bonchev–Trinajstić information content (AvgIpc) is 2.55. The van der Waals surface area contributed by atoms with Gasteiger partial charge in [-0.25, -0.2) is 0 Å². The summed E-state index contributed by atoms with van der Waals surface area (Å²) in [7, 11) is 3.00. The topological polar surface area (TPSA) is 75.7 Å². The van der Waals surface area contributed by atoms with E-state index in [2.05, 4.69) is 10.1 Å². The number of anilines is 1. The Hall–Kier alpha value is -1.73. The molecule has 6 nitrogen and oxygen atoms in total. The first-order valence-corrected chi connectivity index (χ1v) is 8.74. The average molecular weight is 371 g/mol. The molecular formula is C16H19ClN2O4S. The normalized spacial score (nSPS) is 16.1. The Morgan fingerprint density at radius 3 is 2.88 bits per heavy atom. The molecule has 2 amide bonds. The van der Waals surface area contributed by atoms with Crippen LogP contribution < -0.4 is 5.32 Å². The van der Waals surface area contributed by atoms with Crippen molar-refractivity contribution < 1.29 is 19.1 Å². The van der Waals surface area contributed by atoms with Crippen molar-refractivity contribution in [3.8, 4) is 0 Å². The predicted molar refractivity (Wildman–Crippen MR) is 93.2 cm³/mol. The molecule has 0 spiro atoms. The molecule has 0 radical (unpaired) electrons. The molecule has 1 N–H and O–H groups in total. The Morgan fingerprint density at radius 1 is 1.42 bits per heavy atom. The minimum absolute atomic E-state index is 0.104. The van der Waals surface area contributed by atoms with Gasteiger partial charge >= 0.3 is 5.97 Å². The molecule has 1 unspecified atom stereocenters. The number of carbonyl (C=O) groups excluding carboxylic acids is 3. The predicted octanol–water partition coefficient (Wildman–Crippen LogP) is 2.55. The summed E-state index contributed by atoms with van der Waals surface area (Å²) in [5, 5.41) is 2.86. The van der Waals surface area contributed by atoms with Gasteiger partial charge in [-0.3, -0.25) is 14.4 Å². The van der Waals surface area contributed by atoms with Crippen LogP contribution in [-0.4, -0.2) is 48.6 Å². The summed E-state index contributed by atoms with van der Waals surface area (Å²) in [5.74, 6) is -0.635. The van der Waals surface area contributed by atoms with Crippen LogP contribution in [0.2, 0.25) is 5.02 Å². The summed E-state index contributed by atoms with van der Waals surface area (Å²) in [6.07, 6.45) is 0.897. The van der Waals surface area contributed by atoms with Crippen molar-refractivity contribution >= 4 is 46.8 Å². The van der Waals surface area contributed by atoms with Gasteiger partial charge in [0, 0.05) is 36.4 Å². The third-order valence-electron chi connectivity index (χ3n) is 3.65. The standard InChI is InChI=1S/C16H19ClN2O4S/c1-19(7-3-4-15(21)23-2)14(20)9-13-16(22)18-11-8-10(17)5-6-12(11)24-13/h5-6,8,13H,3-4,7,9H2,1-2H3,(H,18,22). The van der Waals surface area contributed by atoms with Crippen LogP contribution in [0.3, 0.4) is 0 Å². The molecule has 0 aliphatic carbocycles. The van der Waals surface area contributed by atoms with E-state index < -0.39 is 5.25 Å². The smallest absolute Gasteiger partial charge is 0.305 e. The number of rotatable bonds is 6. The van der Waals surface area contributed by atoms with Crippen molar-refractivity contribution in [2.45, 2.75) is 29.4 Å². The van der Waals surface area contributed by atoms with Crippen LogP contribution in [0.4, 0.5) is 5.69 Å². The molecule has 1 heterocycles. The Labute approximate surface area is 149 Å². The summed E-state index contributed by atoms with van der Waals surface area (Å²) >= 11 is 7.27. The van der Waals surface area contributed by atoms with Crippen molar-refractivity contribution in [3.05, 3.63) is 23.2 Å². The molecule has 0 saturated heterocycles. The van der Waals surface area contributed by atoms with Gasteiger partial charge < -0.3 is 15.0 Å². The van der Waals surface area contributed by atoms with Crippen LogP contribution in [0.15, 0.2) is 23.1 Å². The van der Waals surface area contributed by atoms with Gasteiger partial charge in [0.15, 0.2) is 0 Å². The van der Waals surface area contributed by atoms with Crippen molar-refractivity contribution in [2.75, 3.05) is 26.0 Å². The van der Waals surface area contributed by atoms with Crippen molar-refractivity contribution in [1.82, 2.24) is 4.90 Å². The zero-order valence-electron chi connectivity index (χ0n) is 13.5. The first kappa shape index (κ1) is 18.6. The first-order chi connectivity index (χ1) is 11.4. The second-order valence-electron chi connectivity index (χ2n) is 5.44. The van der Waals surface area contributed by atoms with E-state index in [9.17, 15) is 14.4 Å². The van der Waals surface area contributed by atoms with E-state index in [1.54, 1.807) is 19.2 Å². The molecule has 0 fully saturated rings. The largest absolute Gasteiger partial charge is 0.469 e. The minimum atomic E-state index is -0.478. The Bertz CT molecular complexity index is 653. The van der Waals surface area contributed by atoms with Gasteiger partial charge in [-0.1, -0.05) is 11.6 Å². The van der Waals surface area contributed by atoms with E-state index in [0.29, 0.717) is 23.7 Å². The number of amides is 2.